The summed E-state index contributed by atoms with van der Waals surface area (Å²) in [7, 11) is 9.87. The monoisotopic (exact) mass is 463 g/mol. The second-order valence-corrected chi connectivity index (χ2v) is 11.3. The molecule has 3 aromatic carbocycles. The topological polar surface area (TPSA) is 0 Å². The summed E-state index contributed by atoms with van der Waals surface area (Å²) in [4.78, 5) is 0. The van der Waals surface area contributed by atoms with Crippen molar-refractivity contribution in [3.05, 3.63) is 65.2 Å². The molecule has 0 saturated heterocycles. The second kappa shape index (κ2) is 10.2. The van der Waals surface area contributed by atoms with E-state index in [1.807, 2.05) is 0 Å². The molecule has 0 fully saturated rings. The van der Waals surface area contributed by atoms with E-state index in [2.05, 4.69) is 83.1 Å². The molecule has 0 saturated carbocycles. The van der Waals surface area contributed by atoms with Crippen LogP contribution in [0.5, 0.6) is 0 Å². The number of benzene rings is 2. The first kappa shape index (κ1) is 21.8. The summed E-state index contributed by atoms with van der Waals surface area (Å²) in [5.74, 6) is 1.23. The molecule has 0 radical (unpaired) electrons. The van der Waals surface area contributed by atoms with Crippen LogP contribution in [0.2, 0.25) is 0 Å². The van der Waals surface area contributed by atoms with Gasteiger partial charge in [0.2, 0.25) is 0 Å². The first-order valence-electron chi connectivity index (χ1n) is 9.13. The fourth-order valence-electron chi connectivity index (χ4n) is 3.63. The average molecular weight is 466 g/mol. The van der Waals surface area contributed by atoms with E-state index in [1.165, 1.54) is 38.6 Å². The molecule has 26 heavy (non-hydrogen) atoms. The Labute approximate surface area is 176 Å². The van der Waals surface area contributed by atoms with Crippen molar-refractivity contribution in [2.75, 3.05) is 0 Å². The van der Waals surface area contributed by atoms with Gasteiger partial charge < -0.3 is 0 Å². The fraction of sp³-hybridized carbons (Fsp3) is 0.348. The maximum atomic E-state index is 4.93. The van der Waals surface area contributed by atoms with Crippen molar-refractivity contribution in [1.29, 1.82) is 0 Å². The van der Waals surface area contributed by atoms with E-state index in [0.29, 0.717) is 11.8 Å². The van der Waals surface area contributed by atoms with Crippen LogP contribution in [0, 0.1) is 12.8 Å². The molecule has 3 rings (SSSR count). The third-order valence-corrected chi connectivity index (χ3v) is 4.65. The molecule has 0 unspecified atom stereocenters. The zero-order valence-corrected chi connectivity index (χ0v) is 20.2. The Hall–Kier alpha value is -0.487. The van der Waals surface area contributed by atoms with E-state index in [9.17, 15) is 0 Å². The zero-order valence-electron chi connectivity index (χ0n) is 16.2. The summed E-state index contributed by atoms with van der Waals surface area (Å²) in [6.45, 7) is 11.4. The number of aryl methyl sites for hydroxylation is 1. The molecule has 0 bridgehead atoms. The molecule has 0 amide bonds. The molecule has 138 valence electrons. The first-order chi connectivity index (χ1) is 12.4. The molecule has 0 heterocycles. The summed E-state index contributed by atoms with van der Waals surface area (Å²) < 4.78 is 0. The van der Waals surface area contributed by atoms with Gasteiger partial charge in [-0.25, -0.2) is 0 Å². The van der Waals surface area contributed by atoms with Gasteiger partial charge in [-0.2, -0.15) is 6.07 Å². The summed E-state index contributed by atoms with van der Waals surface area (Å²) >= 11 is -0.826. The number of hydrogen-bond donors (Lipinski definition) is 0. The molecule has 0 N–H and O–H groups in total. The number of hydrogen-bond acceptors (Lipinski definition) is 0. The molecule has 3 heteroatoms. The van der Waals surface area contributed by atoms with Crippen molar-refractivity contribution in [3.63, 3.8) is 0 Å². The first-order valence-corrected chi connectivity index (χ1v) is 15.5. The third kappa shape index (κ3) is 5.28. The average Bonchev–Trinajstić information content (AvgIpc) is 2.97. The Morgan fingerprint density at radius 3 is 2.27 bits per heavy atom. The van der Waals surface area contributed by atoms with E-state index < -0.39 is 20.8 Å². The van der Waals surface area contributed by atoms with Crippen molar-refractivity contribution in [1.82, 2.24) is 0 Å². The Morgan fingerprint density at radius 1 is 1.00 bits per heavy atom. The van der Waals surface area contributed by atoms with Crippen LogP contribution in [0.4, 0.5) is 0 Å². The predicted molar refractivity (Wildman–Crippen MR) is 114 cm³/mol. The van der Waals surface area contributed by atoms with Gasteiger partial charge in [0.15, 0.2) is 0 Å². The maximum absolute atomic E-state index is 4.93. The molecule has 0 aliphatic carbocycles. The van der Waals surface area contributed by atoms with Crippen molar-refractivity contribution < 1.29 is 20.8 Å². The molecular formula is C23H27Cl2Zr-. The number of rotatable bonds is 4. The van der Waals surface area contributed by atoms with Crippen LogP contribution >= 0.6 is 17.0 Å². The van der Waals surface area contributed by atoms with Crippen molar-refractivity contribution in [3.8, 4) is 11.1 Å². The summed E-state index contributed by atoms with van der Waals surface area (Å²) in [6.07, 6.45) is 1.15. The summed E-state index contributed by atoms with van der Waals surface area (Å²) in [5.41, 5.74) is 7.08. The van der Waals surface area contributed by atoms with Crippen molar-refractivity contribution in [2.45, 2.75) is 47.0 Å². The van der Waals surface area contributed by atoms with Gasteiger partial charge in [0.05, 0.1) is 0 Å². The van der Waals surface area contributed by atoms with Crippen LogP contribution in [-0.2, 0) is 27.3 Å². The van der Waals surface area contributed by atoms with Crippen LogP contribution in [0.15, 0.2) is 48.5 Å². The standard InChI is InChI=1S/C23H27.2ClH.Zr/c1-15(2)12-18-13-19-11-10-17(5)23(22(19)14-18)21-9-7-6-8-20(21)16(3)4;;;/h6-11,13-16H,12H2,1-5H3;2*1H;/q-1;;;+2/p-2. The molecule has 0 aliphatic heterocycles. The molecule has 3 aromatic rings. The van der Waals surface area contributed by atoms with Gasteiger partial charge in [-0.1, -0.05) is 63.1 Å². The molecule has 0 spiro atoms. The summed E-state index contributed by atoms with van der Waals surface area (Å²) in [6, 6.07) is 18.2. The van der Waals surface area contributed by atoms with Gasteiger partial charge in [-0.15, -0.1) is 34.5 Å². The predicted octanol–water partition coefficient (Wildman–Crippen LogP) is 8.23. The van der Waals surface area contributed by atoms with E-state index in [0.717, 1.165) is 6.42 Å². The van der Waals surface area contributed by atoms with Crippen molar-refractivity contribution in [2.24, 2.45) is 5.92 Å². The molecule has 0 aromatic heterocycles. The fourth-order valence-corrected chi connectivity index (χ4v) is 3.63. The Morgan fingerprint density at radius 2 is 1.65 bits per heavy atom. The minimum absolute atomic E-state index is 0.533. The van der Waals surface area contributed by atoms with Crippen LogP contribution < -0.4 is 0 Å². The van der Waals surface area contributed by atoms with Crippen LogP contribution in [0.1, 0.15) is 50.3 Å². The molecular weight excluding hydrogens is 438 g/mol. The Bertz CT molecular complexity index is 847. The van der Waals surface area contributed by atoms with E-state index in [1.54, 1.807) is 0 Å². The zero-order chi connectivity index (χ0) is 19.3. The van der Waals surface area contributed by atoms with Crippen molar-refractivity contribution >= 4 is 27.8 Å². The molecule has 0 nitrogen and oxygen atoms in total. The number of fused-ring (bicyclic) bond motifs is 1. The van der Waals surface area contributed by atoms with Gasteiger partial charge in [-0.05, 0) is 36.3 Å². The third-order valence-electron chi connectivity index (χ3n) is 4.65. The SMILES string of the molecule is Cc1ccc2[cH-]c(CC(C)C)cc2c1-c1ccccc1C(C)C.[Cl][Zr][Cl]. The quantitative estimate of drug-likeness (QED) is 0.340. The van der Waals surface area contributed by atoms with Crippen LogP contribution in [0.3, 0.4) is 0 Å². The van der Waals surface area contributed by atoms with E-state index in [-0.39, 0.29) is 0 Å². The second-order valence-electron chi connectivity index (χ2n) is 7.54. The van der Waals surface area contributed by atoms with Gasteiger partial charge in [0, 0.05) is 0 Å². The van der Waals surface area contributed by atoms with Gasteiger partial charge >= 0.3 is 37.9 Å². The van der Waals surface area contributed by atoms with E-state index >= 15 is 0 Å². The normalized spacial score (nSPS) is 11.0. The molecule has 0 atom stereocenters. The van der Waals surface area contributed by atoms with E-state index in [4.69, 9.17) is 17.0 Å². The molecule has 0 aliphatic rings. The Kier molecular flexibility index (Phi) is 8.53. The van der Waals surface area contributed by atoms with Gasteiger partial charge in [-0.3, -0.25) is 0 Å². The Balaban J connectivity index is 0.000000758. The van der Waals surface area contributed by atoms with Crippen LogP contribution in [0.25, 0.3) is 21.9 Å². The minimum atomic E-state index is -0.826. The summed E-state index contributed by atoms with van der Waals surface area (Å²) in [5, 5.41) is 2.79. The van der Waals surface area contributed by atoms with Gasteiger partial charge in [0.1, 0.15) is 0 Å². The van der Waals surface area contributed by atoms with Gasteiger partial charge in [0.25, 0.3) is 0 Å². The van der Waals surface area contributed by atoms with Crippen LogP contribution in [-0.4, -0.2) is 0 Å². The number of halogens is 2.